The van der Waals surface area contributed by atoms with Crippen molar-refractivity contribution in [3.8, 4) is 0 Å². The van der Waals surface area contributed by atoms with Crippen LogP contribution in [0.5, 0.6) is 0 Å². The zero-order chi connectivity index (χ0) is 40.5. The number of hydrogen-bond donors (Lipinski definition) is 0. The van der Waals surface area contributed by atoms with Gasteiger partial charge in [-0.3, -0.25) is 14.0 Å². The molecule has 0 fully saturated rings. The highest BCUT2D eigenvalue weighted by Crippen LogP contribution is 2.25. The van der Waals surface area contributed by atoms with Crippen LogP contribution in [0, 0.1) is 13.8 Å². The van der Waals surface area contributed by atoms with E-state index in [-0.39, 0.29) is 21.7 Å². The van der Waals surface area contributed by atoms with Gasteiger partial charge in [0.2, 0.25) is 6.39 Å². The van der Waals surface area contributed by atoms with E-state index in [1.54, 1.807) is 6.26 Å². The molecule has 11 nitrogen and oxygen atoms in total. The van der Waals surface area contributed by atoms with Crippen LogP contribution in [0.4, 0.5) is 0 Å². The molecule has 0 saturated carbocycles. The largest absolute Gasteiger partial charge is 0.364 e. The van der Waals surface area contributed by atoms with E-state index in [1.807, 2.05) is 75.1 Å². The van der Waals surface area contributed by atoms with E-state index in [1.165, 1.54) is 34.1 Å². The Morgan fingerprint density at radius 2 is 1.32 bits per heavy atom. The van der Waals surface area contributed by atoms with Gasteiger partial charge in [-0.1, -0.05) is 113 Å². The number of aryl methyl sites for hydroxylation is 5. The van der Waals surface area contributed by atoms with Crippen LogP contribution >= 0.6 is 0 Å². The lowest BCUT2D eigenvalue weighted by atomic mass is 9.88. The normalized spacial score (nSPS) is 11.8. The number of hydrogen-bond acceptors (Lipinski definition) is 8. The van der Waals surface area contributed by atoms with Crippen LogP contribution in [0.2, 0.25) is 0 Å². The molecule has 0 aliphatic heterocycles. The molecule has 6 aromatic rings. The van der Waals surface area contributed by atoms with E-state index in [9.17, 15) is 0 Å². The van der Waals surface area contributed by atoms with Crippen molar-refractivity contribution >= 4 is 10.9 Å². The van der Waals surface area contributed by atoms with E-state index in [0.29, 0.717) is 5.92 Å². The zero-order valence-corrected chi connectivity index (χ0v) is 36.1. The fourth-order valence-electron chi connectivity index (χ4n) is 5.29. The summed E-state index contributed by atoms with van der Waals surface area (Å²) in [6.45, 7) is 34.1. The standard InChI is InChI=1S/C11H14N2.2C9H16N2.C7H11NO.C6H10N2O/c1-8(2)9-4-5-11-10(6-9)7-12-13(11)3;1-7-8(9(2,3)4)6-11(5)10-7;1-7-6-8(9(2,3)4)11(5)10-7;1-7(2,3)6-4-5-9-8-6;1-6(2,3)5-7-4-9-8-5/h4-8H,1-3H3;2*6H,1-5H3;4-5H,1-3H3;4H,1-3H3. The first-order chi connectivity index (χ1) is 24.2. The summed E-state index contributed by atoms with van der Waals surface area (Å²) in [5.41, 5.74) is 8.98. The van der Waals surface area contributed by atoms with Gasteiger partial charge in [-0.25, -0.2) is 0 Å². The molecule has 0 aliphatic carbocycles. The SMILES string of the molecule is CC(C)(C)c1ccon1.CC(C)(C)c1ncon1.CC(C)c1ccc2c(cnn2C)c1.Cc1cc(C(C)(C)C)n(C)n1.Cc1nn(C)cc1C(C)(C)C. The number of rotatable bonds is 1. The summed E-state index contributed by atoms with van der Waals surface area (Å²) in [7, 11) is 5.92. The Morgan fingerprint density at radius 1 is 0.679 bits per heavy atom. The maximum Gasteiger partial charge on any atom is 0.213 e. The maximum atomic E-state index is 4.69. The van der Waals surface area contributed by atoms with Gasteiger partial charge in [0.05, 0.1) is 28.8 Å². The van der Waals surface area contributed by atoms with Crippen molar-refractivity contribution < 1.29 is 9.05 Å². The molecular formula is C42H67N9O2. The Hall–Kier alpha value is -4.54. The first-order valence-electron chi connectivity index (χ1n) is 18.3. The molecule has 6 rings (SSSR count). The van der Waals surface area contributed by atoms with Crippen molar-refractivity contribution in [1.29, 1.82) is 0 Å². The molecule has 292 valence electrons. The molecule has 0 N–H and O–H groups in total. The number of fused-ring (bicyclic) bond motifs is 1. The molecule has 5 heterocycles. The highest BCUT2D eigenvalue weighted by Gasteiger charge is 2.20. The van der Waals surface area contributed by atoms with Crippen molar-refractivity contribution in [2.45, 2.75) is 138 Å². The maximum absolute atomic E-state index is 4.69. The van der Waals surface area contributed by atoms with Gasteiger partial charge in [0, 0.05) is 60.7 Å². The second kappa shape index (κ2) is 18.0. The van der Waals surface area contributed by atoms with Gasteiger partial charge in [0.25, 0.3) is 0 Å². The van der Waals surface area contributed by atoms with Gasteiger partial charge < -0.3 is 9.05 Å². The lowest BCUT2D eigenvalue weighted by Crippen LogP contribution is -2.16. The van der Waals surface area contributed by atoms with E-state index in [2.05, 4.69) is 149 Å². The van der Waals surface area contributed by atoms with Crippen LogP contribution in [0.1, 0.15) is 143 Å². The van der Waals surface area contributed by atoms with Crippen molar-refractivity contribution in [2.24, 2.45) is 21.1 Å². The van der Waals surface area contributed by atoms with Gasteiger partial charge in [-0.15, -0.1) is 0 Å². The summed E-state index contributed by atoms with van der Waals surface area (Å²) in [6, 6.07) is 10.6. The van der Waals surface area contributed by atoms with Crippen molar-refractivity contribution in [3.05, 3.63) is 95.1 Å². The third-order valence-corrected chi connectivity index (χ3v) is 8.27. The molecule has 0 radical (unpaired) electrons. The first-order valence-corrected chi connectivity index (χ1v) is 18.3. The van der Waals surface area contributed by atoms with Crippen LogP contribution in [0.3, 0.4) is 0 Å². The van der Waals surface area contributed by atoms with Crippen molar-refractivity contribution in [1.82, 2.24) is 44.6 Å². The molecule has 1 aromatic carbocycles. The average molecular weight is 730 g/mol. The van der Waals surface area contributed by atoms with Crippen LogP contribution in [-0.2, 0) is 42.8 Å². The van der Waals surface area contributed by atoms with Gasteiger partial charge in [-0.05, 0) is 54.5 Å². The first kappa shape index (κ1) is 44.6. The Labute approximate surface area is 318 Å². The predicted molar refractivity (Wildman–Crippen MR) is 216 cm³/mol. The lowest BCUT2D eigenvalue weighted by molar-refractivity contribution is 0.392. The summed E-state index contributed by atoms with van der Waals surface area (Å²) < 4.78 is 15.0. The lowest BCUT2D eigenvalue weighted by Gasteiger charge is -2.17. The molecule has 11 heteroatoms. The van der Waals surface area contributed by atoms with E-state index < -0.39 is 0 Å². The van der Waals surface area contributed by atoms with Gasteiger partial charge in [-0.2, -0.15) is 20.3 Å². The van der Waals surface area contributed by atoms with Gasteiger partial charge >= 0.3 is 0 Å². The second-order valence-corrected chi connectivity index (χ2v) is 18.0. The Balaban J connectivity index is 0.000000231. The Morgan fingerprint density at radius 3 is 1.64 bits per heavy atom. The smallest absolute Gasteiger partial charge is 0.213 e. The van der Waals surface area contributed by atoms with E-state index in [0.717, 1.165) is 22.9 Å². The number of aromatic nitrogens is 9. The quantitative estimate of drug-likeness (QED) is 0.164. The molecule has 0 aliphatic rings. The monoisotopic (exact) mass is 730 g/mol. The molecule has 0 spiro atoms. The average Bonchev–Trinajstić information content (AvgIpc) is 3.85. The summed E-state index contributed by atoms with van der Waals surface area (Å²) in [5.74, 6) is 1.34. The van der Waals surface area contributed by atoms with Crippen LogP contribution < -0.4 is 0 Å². The number of benzene rings is 1. The third kappa shape index (κ3) is 14.1. The zero-order valence-electron chi connectivity index (χ0n) is 36.1. The third-order valence-electron chi connectivity index (χ3n) is 8.27. The minimum Gasteiger partial charge on any atom is -0.364 e. The molecule has 0 amide bonds. The molecule has 53 heavy (non-hydrogen) atoms. The summed E-state index contributed by atoms with van der Waals surface area (Å²) in [4.78, 5) is 3.91. The van der Waals surface area contributed by atoms with E-state index >= 15 is 0 Å². The number of nitrogens with zero attached hydrogens (tertiary/aromatic N) is 9. The summed E-state index contributed by atoms with van der Waals surface area (Å²) in [5, 5.41) is 21.5. The van der Waals surface area contributed by atoms with Gasteiger partial charge in [0.1, 0.15) is 6.26 Å². The minimum atomic E-state index is 0.00694. The highest BCUT2D eigenvalue weighted by molar-refractivity contribution is 5.79. The fourth-order valence-corrected chi connectivity index (χ4v) is 5.29. The van der Waals surface area contributed by atoms with Crippen LogP contribution in [-0.4, -0.2) is 44.6 Å². The molecule has 0 unspecified atom stereocenters. The topological polar surface area (TPSA) is 118 Å². The van der Waals surface area contributed by atoms with Crippen molar-refractivity contribution in [2.75, 3.05) is 0 Å². The summed E-state index contributed by atoms with van der Waals surface area (Å²) >= 11 is 0. The van der Waals surface area contributed by atoms with Crippen LogP contribution in [0.25, 0.3) is 10.9 Å². The molecule has 0 saturated heterocycles. The predicted octanol–water partition coefficient (Wildman–Crippen LogP) is 10.1. The van der Waals surface area contributed by atoms with E-state index in [4.69, 9.17) is 4.52 Å². The molecular weight excluding hydrogens is 663 g/mol. The Bertz CT molecular complexity index is 1830. The summed E-state index contributed by atoms with van der Waals surface area (Å²) in [6.07, 6.45) is 6.96. The molecule has 5 aromatic heterocycles. The van der Waals surface area contributed by atoms with Crippen LogP contribution in [0.15, 0.2) is 64.4 Å². The molecule has 0 bridgehead atoms. The van der Waals surface area contributed by atoms with Gasteiger partial charge in [0.15, 0.2) is 5.82 Å². The second-order valence-electron chi connectivity index (χ2n) is 18.0. The Kier molecular flexibility index (Phi) is 15.1. The van der Waals surface area contributed by atoms with Crippen molar-refractivity contribution in [3.63, 3.8) is 0 Å². The minimum absolute atomic E-state index is 0.00694. The fraction of sp³-hybridized carbons (Fsp3) is 0.571. The highest BCUT2D eigenvalue weighted by atomic mass is 16.5. The molecule has 0 atom stereocenters.